The van der Waals surface area contributed by atoms with Crippen molar-refractivity contribution in [2.75, 3.05) is 13.7 Å². The number of rotatable bonds is 9. The zero-order valence-corrected chi connectivity index (χ0v) is 18.7. The number of benzene rings is 2. The van der Waals surface area contributed by atoms with E-state index >= 15 is 0 Å². The third-order valence-electron chi connectivity index (χ3n) is 5.48. The van der Waals surface area contributed by atoms with Crippen molar-refractivity contribution in [3.8, 4) is 17.2 Å². The molecule has 0 aliphatic rings. The Morgan fingerprint density at radius 3 is 2.42 bits per heavy atom. The van der Waals surface area contributed by atoms with Crippen LogP contribution in [0.2, 0.25) is 0 Å². The summed E-state index contributed by atoms with van der Waals surface area (Å²) in [7, 11) is 1.41. The van der Waals surface area contributed by atoms with Crippen molar-refractivity contribution in [3.05, 3.63) is 102 Å². The van der Waals surface area contributed by atoms with E-state index < -0.39 is 0 Å². The topological polar surface area (TPSA) is 74.5 Å². The van der Waals surface area contributed by atoms with Crippen LogP contribution in [-0.4, -0.2) is 29.7 Å². The Balaban J connectivity index is 1.34. The first-order chi connectivity index (χ1) is 16.1. The Bertz CT molecular complexity index is 1170. The van der Waals surface area contributed by atoms with Crippen LogP contribution in [0.4, 0.5) is 0 Å². The van der Waals surface area contributed by atoms with Gasteiger partial charge in [-0.05, 0) is 60.9 Å². The molecule has 0 bridgehead atoms. The lowest BCUT2D eigenvalue weighted by atomic mass is 9.93. The second-order valence-corrected chi connectivity index (χ2v) is 7.69. The Morgan fingerprint density at radius 1 is 1.00 bits per heavy atom. The Kier molecular flexibility index (Phi) is 7.15. The van der Waals surface area contributed by atoms with Gasteiger partial charge < -0.3 is 13.9 Å². The van der Waals surface area contributed by atoms with E-state index in [4.69, 9.17) is 13.9 Å². The van der Waals surface area contributed by atoms with E-state index in [2.05, 4.69) is 9.97 Å². The van der Waals surface area contributed by atoms with Crippen LogP contribution in [-0.2, 0) is 22.4 Å². The number of hydrogen-bond donors (Lipinski definition) is 0. The van der Waals surface area contributed by atoms with Gasteiger partial charge in [0.2, 0.25) is 5.89 Å². The predicted octanol–water partition coefficient (Wildman–Crippen LogP) is 5.17. The molecule has 6 heteroatoms. The molecule has 2 aromatic heterocycles. The van der Waals surface area contributed by atoms with Crippen LogP contribution in [0, 0.1) is 6.92 Å². The fourth-order valence-corrected chi connectivity index (χ4v) is 3.66. The van der Waals surface area contributed by atoms with Gasteiger partial charge in [-0.15, -0.1) is 0 Å². The van der Waals surface area contributed by atoms with Crippen molar-refractivity contribution >= 4 is 5.97 Å². The third kappa shape index (κ3) is 5.66. The van der Waals surface area contributed by atoms with Crippen LogP contribution < -0.4 is 4.74 Å². The fourth-order valence-electron chi connectivity index (χ4n) is 3.66. The summed E-state index contributed by atoms with van der Waals surface area (Å²) in [6, 6.07) is 21.3. The smallest absolute Gasteiger partial charge is 0.313 e. The van der Waals surface area contributed by atoms with Gasteiger partial charge >= 0.3 is 5.97 Å². The minimum Gasteiger partial charge on any atom is -0.493 e. The number of oxazole rings is 1. The molecule has 2 aromatic carbocycles. The molecule has 0 aliphatic heterocycles. The molecule has 0 saturated carbocycles. The predicted molar refractivity (Wildman–Crippen MR) is 125 cm³/mol. The van der Waals surface area contributed by atoms with E-state index in [9.17, 15) is 4.79 Å². The summed E-state index contributed by atoms with van der Waals surface area (Å²) in [4.78, 5) is 20.9. The molecule has 0 radical (unpaired) electrons. The van der Waals surface area contributed by atoms with Gasteiger partial charge in [0.25, 0.3) is 0 Å². The maximum Gasteiger partial charge on any atom is 0.313 e. The maximum absolute atomic E-state index is 12.3. The molecule has 0 aliphatic carbocycles. The molecule has 0 amide bonds. The van der Waals surface area contributed by atoms with E-state index in [-0.39, 0.29) is 11.9 Å². The molecule has 4 rings (SSSR count). The average Bonchev–Trinajstić information content (AvgIpc) is 3.24. The second-order valence-electron chi connectivity index (χ2n) is 7.69. The zero-order chi connectivity index (χ0) is 23.0. The first kappa shape index (κ1) is 22.3. The molecule has 2 heterocycles. The summed E-state index contributed by atoms with van der Waals surface area (Å²) >= 11 is 0. The Hall–Kier alpha value is -3.93. The largest absolute Gasteiger partial charge is 0.493 e. The molecule has 0 saturated heterocycles. The van der Waals surface area contributed by atoms with E-state index in [1.54, 1.807) is 12.4 Å². The normalized spacial score (nSPS) is 11.7. The first-order valence-corrected chi connectivity index (χ1v) is 10.8. The average molecular weight is 443 g/mol. The van der Waals surface area contributed by atoms with Crippen LogP contribution in [0.3, 0.4) is 0 Å². The Labute approximate surface area is 193 Å². The number of carbonyl (C=O) groups excluding carboxylic acids is 1. The molecular formula is C27H26N2O4. The number of methoxy groups -OCH3 is 1. The summed E-state index contributed by atoms with van der Waals surface area (Å²) in [6.45, 7) is 2.41. The van der Waals surface area contributed by atoms with Gasteiger partial charge in [-0.25, -0.2) is 4.98 Å². The fraction of sp³-hybridized carbons (Fsp3) is 0.222. The highest BCUT2D eigenvalue weighted by atomic mass is 16.5. The van der Waals surface area contributed by atoms with Crippen molar-refractivity contribution in [2.45, 2.75) is 25.7 Å². The van der Waals surface area contributed by atoms with Crippen LogP contribution in [0.1, 0.15) is 28.5 Å². The molecule has 168 valence electrons. The number of carbonyl (C=O) groups is 1. The van der Waals surface area contributed by atoms with Gasteiger partial charge in [0.05, 0.1) is 25.3 Å². The quantitative estimate of drug-likeness (QED) is 0.333. The molecule has 1 unspecified atom stereocenters. The standard InChI is InChI=1S/C27H26N2O4/c1-19-25(29-26(33-19)22-6-4-3-5-7-22)14-17-32-23-10-8-20(9-11-23)18-24(27(30)31-2)21-12-15-28-16-13-21/h3-13,15-16,24H,14,17-18H2,1-2H3. The van der Waals surface area contributed by atoms with Crippen LogP contribution >= 0.6 is 0 Å². The minimum atomic E-state index is -0.376. The van der Waals surface area contributed by atoms with Gasteiger partial charge in [-0.1, -0.05) is 30.3 Å². The lowest BCUT2D eigenvalue weighted by Crippen LogP contribution is -2.17. The SMILES string of the molecule is COC(=O)C(Cc1ccc(OCCc2nc(-c3ccccc3)oc2C)cc1)c1ccncc1. The van der Waals surface area contributed by atoms with E-state index in [1.807, 2.05) is 73.7 Å². The molecule has 0 fully saturated rings. The molecule has 6 nitrogen and oxygen atoms in total. The van der Waals surface area contributed by atoms with Crippen molar-refractivity contribution in [2.24, 2.45) is 0 Å². The third-order valence-corrected chi connectivity index (χ3v) is 5.48. The molecule has 0 N–H and O–H groups in total. The summed E-state index contributed by atoms with van der Waals surface area (Å²) in [5.74, 6) is 1.55. The summed E-state index contributed by atoms with van der Waals surface area (Å²) in [5, 5.41) is 0. The van der Waals surface area contributed by atoms with Crippen molar-refractivity contribution < 1.29 is 18.7 Å². The van der Waals surface area contributed by atoms with Gasteiger partial charge in [0.1, 0.15) is 11.5 Å². The number of esters is 1. The number of aryl methyl sites for hydroxylation is 1. The highest BCUT2D eigenvalue weighted by molar-refractivity contribution is 5.78. The van der Waals surface area contributed by atoms with E-state index in [1.165, 1.54) is 7.11 Å². The van der Waals surface area contributed by atoms with Crippen LogP contribution in [0.15, 0.2) is 83.5 Å². The van der Waals surface area contributed by atoms with Crippen molar-refractivity contribution in [1.82, 2.24) is 9.97 Å². The van der Waals surface area contributed by atoms with Gasteiger partial charge in [-0.3, -0.25) is 9.78 Å². The van der Waals surface area contributed by atoms with Crippen LogP contribution in [0.25, 0.3) is 11.5 Å². The molecule has 4 aromatic rings. The first-order valence-electron chi connectivity index (χ1n) is 10.8. The summed E-state index contributed by atoms with van der Waals surface area (Å²) in [6.07, 6.45) is 4.55. The van der Waals surface area contributed by atoms with Crippen LogP contribution in [0.5, 0.6) is 5.75 Å². The maximum atomic E-state index is 12.3. The number of aromatic nitrogens is 2. The number of hydrogen-bond acceptors (Lipinski definition) is 6. The van der Waals surface area contributed by atoms with Crippen molar-refractivity contribution in [3.63, 3.8) is 0 Å². The molecule has 1 atom stereocenters. The second kappa shape index (κ2) is 10.6. The highest BCUT2D eigenvalue weighted by Crippen LogP contribution is 2.24. The number of pyridine rings is 1. The minimum absolute atomic E-state index is 0.264. The number of nitrogens with zero attached hydrogens (tertiary/aromatic N) is 2. The molecule has 33 heavy (non-hydrogen) atoms. The number of ether oxygens (including phenoxy) is 2. The lowest BCUT2D eigenvalue weighted by Gasteiger charge is -2.15. The van der Waals surface area contributed by atoms with Gasteiger partial charge in [0, 0.05) is 24.4 Å². The molecule has 0 spiro atoms. The van der Waals surface area contributed by atoms with E-state index in [0.29, 0.717) is 25.3 Å². The van der Waals surface area contributed by atoms with E-state index in [0.717, 1.165) is 33.9 Å². The Morgan fingerprint density at radius 2 is 1.73 bits per heavy atom. The zero-order valence-electron chi connectivity index (χ0n) is 18.7. The van der Waals surface area contributed by atoms with Gasteiger partial charge in [0.15, 0.2) is 0 Å². The summed E-state index contributed by atoms with van der Waals surface area (Å²) < 4.78 is 16.7. The van der Waals surface area contributed by atoms with Gasteiger partial charge in [-0.2, -0.15) is 0 Å². The molecular weight excluding hydrogens is 416 g/mol. The monoisotopic (exact) mass is 442 g/mol. The lowest BCUT2D eigenvalue weighted by molar-refractivity contribution is -0.142. The highest BCUT2D eigenvalue weighted by Gasteiger charge is 2.22. The van der Waals surface area contributed by atoms with Crippen molar-refractivity contribution in [1.29, 1.82) is 0 Å². The summed E-state index contributed by atoms with van der Waals surface area (Å²) in [5.41, 5.74) is 3.76.